The van der Waals surface area contributed by atoms with Crippen LogP contribution in [-0.2, 0) is 6.54 Å². The molecule has 1 unspecified atom stereocenters. The summed E-state index contributed by atoms with van der Waals surface area (Å²) in [5.74, 6) is 0. The largest absolute Gasteiger partial charge is 0.357 e. The van der Waals surface area contributed by atoms with Crippen molar-refractivity contribution in [3.63, 3.8) is 0 Å². The fourth-order valence-corrected chi connectivity index (χ4v) is 3.73. The zero-order valence-corrected chi connectivity index (χ0v) is 13.7. The summed E-state index contributed by atoms with van der Waals surface area (Å²) in [5.41, 5.74) is 4.54. The van der Waals surface area contributed by atoms with Crippen LogP contribution in [0.5, 0.6) is 0 Å². The molecule has 1 fully saturated rings. The van der Waals surface area contributed by atoms with Crippen molar-refractivity contribution in [1.29, 1.82) is 5.26 Å². The average Bonchev–Trinajstić information content (AvgIpc) is 3.07. The second-order valence-electron chi connectivity index (χ2n) is 6.60. The number of nitriles is 1. The number of para-hydroxylation sites is 1. The predicted molar refractivity (Wildman–Crippen MR) is 96.5 cm³/mol. The Bertz CT molecular complexity index is 837. The van der Waals surface area contributed by atoms with Gasteiger partial charge in [-0.25, -0.2) is 0 Å². The lowest BCUT2D eigenvalue weighted by atomic mass is 9.98. The highest BCUT2D eigenvalue weighted by atomic mass is 15.2. The van der Waals surface area contributed by atoms with E-state index in [1.165, 1.54) is 41.4 Å². The molecule has 120 valence electrons. The normalized spacial score (nSPS) is 18.5. The molecule has 1 aliphatic rings. The quantitative estimate of drug-likeness (QED) is 0.756. The van der Waals surface area contributed by atoms with Crippen LogP contribution >= 0.6 is 0 Å². The molecule has 4 rings (SSSR count). The summed E-state index contributed by atoms with van der Waals surface area (Å²) in [5, 5.41) is 10.2. The van der Waals surface area contributed by atoms with Crippen LogP contribution in [-0.4, -0.2) is 16.4 Å². The Morgan fingerprint density at radius 3 is 2.71 bits per heavy atom. The summed E-state index contributed by atoms with van der Waals surface area (Å²) in [6.45, 7) is 2.06. The van der Waals surface area contributed by atoms with Gasteiger partial charge in [0, 0.05) is 17.8 Å². The molecule has 24 heavy (non-hydrogen) atoms. The van der Waals surface area contributed by atoms with Gasteiger partial charge in [0.25, 0.3) is 0 Å². The number of piperidine rings is 1. The topological polar surface area (TPSA) is 42.8 Å². The van der Waals surface area contributed by atoms with Crippen molar-refractivity contribution >= 4 is 10.9 Å². The van der Waals surface area contributed by atoms with E-state index in [1.807, 2.05) is 12.1 Å². The van der Waals surface area contributed by atoms with Crippen LogP contribution in [0.2, 0.25) is 0 Å². The number of rotatable bonds is 3. The van der Waals surface area contributed by atoms with Crippen molar-refractivity contribution < 1.29 is 0 Å². The second-order valence-corrected chi connectivity index (χ2v) is 6.60. The maximum Gasteiger partial charge on any atom is 0.0991 e. The molecule has 3 nitrogen and oxygen atoms in total. The van der Waals surface area contributed by atoms with Crippen LogP contribution in [0, 0.1) is 11.3 Å². The molecular formula is C21H21N3. The van der Waals surface area contributed by atoms with E-state index >= 15 is 0 Å². The molecule has 0 aliphatic carbocycles. The third kappa shape index (κ3) is 2.93. The first-order chi connectivity index (χ1) is 11.8. The lowest BCUT2D eigenvalue weighted by molar-refractivity contribution is 0.138. The van der Waals surface area contributed by atoms with Gasteiger partial charge in [0.1, 0.15) is 0 Å². The first-order valence-corrected chi connectivity index (χ1v) is 8.64. The standard InChI is InChI=1S/C21H21N3/c22-14-16-8-10-17(11-9-16)15-24-12-4-3-7-21(24)20-13-18-5-1-2-6-19(18)23-20/h1-2,5-6,8-11,13,21,23H,3-4,7,12,15H2. The van der Waals surface area contributed by atoms with E-state index in [2.05, 4.69) is 58.4 Å². The fraction of sp³-hybridized carbons (Fsp3) is 0.286. The van der Waals surface area contributed by atoms with Crippen LogP contribution in [0.25, 0.3) is 10.9 Å². The van der Waals surface area contributed by atoms with Crippen molar-refractivity contribution in [3.05, 3.63) is 71.4 Å². The van der Waals surface area contributed by atoms with E-state index in [4.69, 9.17) is 5.26 Å². The number of benzene rings is 2. The number of nitrogens with zero attached hydrogens (tertiary/aromatic N) is 2. The first kappa shape index (κ1) is 15.0. The minimum atomic E-state index is 0.446. The molecule has 0 saturated carbocycles. The van der Waals surface area contributed by atoms with E-state index in [9.17, 15) is 0 Å². The van der Waals surface area contributed by atoms with Crippen molar-refractivity contribution in [2.75, 3.05) is 6.54 Å². The molecule has 2 heterocycles. The van der Waals surface area contributed by atoms with Crippen LogP contribution in [0.15, 0.2) is 54.6 Å². The summed E-state index contributed by atoms with van der Waals surface area (Å²) in [7, 11) is 0. The third-order valence-corrected chi connectivity index (χ3v) is 4.99. The summed E-state index contributed by atoms with van der Waals surface area (Å²) < 4.78 is 0. The Hall–Kier alpha value is -2.57. The Morgan fingerprint density at radius 1 is 1.08 bits per heavy atom. The van der Waals surface area contributed by atoms with Gasteiger partial charge in [-0.1, -0.05) is 36.8 Å². The van der Waals surface area contributed by atoms with Gasteiger partial charge in [-0.3, -0.25) is 4.90 Å². The average molecular weight is 315 g/mol. The van der Waals surface area contributed by atoms with E-state index in [0.717, 1.165) is 18.7 Å². The Morgan fingerprint density at radius 2 is 1.92 bits per heavy atom. The highest BCUT2D eigenvalue weighted by molar-refractivity contribution is 5.80. The van der Waals surface area contributed by atoms with Crippen molar-refractivity contribution in [2.45, 2.75) is 31.8 Å². The van der Waals surface area contributed by atoms with E-state index in [-0.39, 0.29) is 0 Å². The van der Waals surface area contributed by atoms with Gasteiger partial charge in [-0.2, -0.15) is 5.26 Å². The molecule has 1 saturated heterocycles. The monoisotopic (exact) mass is 315 g/mol. The molecule has 1 aromatic heterocycles. The molecule has 0 radical (unpaired) electrons. The number of aromatic nitrogens is 1. The smallest absolute Gasteiger partial charge is 0.0991 e. The maximum atomic E-state index is 8.95. The van der Waals surface area contributed by atoms with Crippen molar-refractivity contribution in [3.8, 4) is 6.07 Å². The first-order valence-electron chi connectivity index (χ1n) is 8.64. The lowest BCUT2D eigenvalue weighted by Crippen LogP contribution is -2.33. The van der Waals surface area contributed by atoms with Crippen LogP contribution < -0.4 is 0 Å². The van der Waals surface area contributed by atoms with Crippen LogP contribution in [0.3, 0.4) is 0 Å². The molecule has 0 amide bonds. The van der Waals surface area contributed by atoms with E-state index < -0.39 is 0 Å². The number of likely N-dealkylation sites (tertiary alicyclic amines) is 1. The van der Waals surface area contributed by atoms with Crippen molar-refractivity contribution in [2.24, 2.45) is 0 Å². The maximum absolute atomic E-state index is 8.95. The molecular weight excluding hydrogens is 294 g/mol. The van der Waals surface area contributed by atoms with Gasteiger partial charge in [0.05, 0.1) is 17.7 Å². The van der Waals surface area contributed by atoms with Gasteiger partial charge in [-0.15, -0.1) is 0 Å². The summed E-state index contributed by atoms with van der Waals surface area (Å²) in [4.78, 5) is 6.18. The minimum absolute atomic E-state index is 0.446. The molecule has 3 aromatic rings. The molecule has 1 aliphatic heterocycles. The number of nitrogens with one attached hydrogen (secondary N) is 1. The minimum Gasteiger partial charge on any atom is -0.357 e. The van der Waals surface area contributed by atoms with Gasteiger partial charge in [-0.05, 0) is 54.6 Å². The SMILES string of the molecule is N#Cc1ccc(CN2CCCCC2c2cc3ccccc3[nH]2)cc1. The summed E-state index contributed by atoms with van der Waals surface area (Å²) in [6, 6.07) is 21.4. The number of aromatic amines is 1. The summed E-state index contributed by atoms with van der Waals surface area (Å²) in [6.07, 6.45) is 3.74. The summed E-state index contributed by atoms with van der Waals surface area (Å²) >= 11 is 0. The highest BCUT2D eigenvalue weighted by Crippen LogP contribution is 2.33. The molecule has 1 atom stereocenters. The third-order valence-electron chi connectivity index (χ3n) is 4.99. The Kier molecular flexibility index (Phi) is 4.06. The zero-order valence-electron chi connectivity index (χ0n) is 13.7. The highest BCUT2D eigenvalue weighted by Gasteiger charge is 2.25. The van der Waals surface area contributed by atoms with E-state index in [1.54, 1.807) is 0 Å². The van der Waals surface area contributed by atoms with Gasteiger partial charge in [0.15, 0.2) is 0 Å². The number of hydrogen-bond donors (Lipinski definition) is 1. The fourth-order valence-electron chi connectivity index (χ4n) is 3.73. The van der Waals surface area contributed by atoms with Gasteiger partial charge in [0.2, 0.25) is 0 Å². The van der Waals surface area contributed by atoms with E-state index in [0.29, 0.717) is 6.04 Å². The van der Waals surface area contributed by atoms with Crippen molar-refractivity contribution in [1.82, 2.24) is 9.88 Å². The number of H-pyrrole nitrogens is 1. The molecule has 0 spiro atoms. The molecule has 0 bridgehead atoms. The van der Waals surface area contributed by atoms with Gasteiger partial charge >= 0.3 is 0 Å². The molecule has 3 heteroatoms. The Balaban J connectivity index is 1.59. The molecule has 1 N–H and O–H groups in total. The number of fused-ring (bicyclic) bond motifs is 1. The molecule has 2 aromatic carbocycles. The van der Waals surface area contributed by atoms with Crippen LogP contribution in [0.1, 0.15) is 42.1 Å². The number of hydrogen-bond acceptors (Lipinski definition) is 2. The Labute approximate surface area is 142 Å². The van der Waals surface area contributed by atoms with Gasteiger partial charge < -0.3 is 4.98 Å². The van der Waals surface area contributed by atoms with Crippen LogP contribution in [0.4, 0.5) is 0 Å². The lowest BCUT2D eigenvalue weighted by Gasteiger charge is -2.35. The second kappa shape index (κ2) is 6.51. The predicted octanol–water partition coefficient (Wildman–Crippen LogP) is 4.77. The zero-order chi connectivity index (χ0) is 16.4.